The van der Waals surface area contributed by atoms with E-state index in [1.54, 1.807) is 35.1 Å². The smallest absolute Gasteiger partial charge is 0.271 e. The maximum absolute atomic E-state index is 11.9. The summed E-state index contributed by atoms with van der Waals surface area (Å²) in [6.45, 7) is 4.17. The molecule has 0 aliphatic carbocycles. The number of aromatic nitrogens is 2. The van der Waals surface area contributed by atoms with E-state index in [1.807, 2.05) is 13.8 Å². The second-order valence-electron chi connectivity index (χ2n) is 4.87. The highest BCUT2D eigenvalue weighted by Crippen LogP contribution is 2.28. The van der Waals surface area contributed by atoms with Gasteiger partial charge in [0.05, 0.1) is 4.47 Å². The molecule has 2 aromatic rings. The normalized spacial score (nSPS) is 12.0. The molecule has 22 heavy (non-hydrogen) atoms. The van der Waals surface area contributed by atoms with Crippen molar-refractivity contribution < 1.29 is 9.53 Å². The monoisotopic (exact) mass is 385 g/mol. The Morgan fingerprint density at radius 3 is 2.95 bits per heavy atom. The van der Waals surface area contributed by atoms with Crippen LogP contribution in [0.1, 0.15) is 30.8 Å². The van der Waals surface area contributed by atoms with Crippen LogP contribution in [0, 0.1) is 0 Å². The zero-order valence-electron chi connectivity index (χ0n) is 12.3. The molecule has 0 fully saturated rings. The Balaban J connectivity index is 1.96. The van der Waals surface area contributed by atoms with Crippen molar-refractivity contribution in [2.24, 2.45) is 0 Å². The number of benzene rings is 1. The average Bonchev–Trinajstić information content (AvgIpc) is 2.95. The Labute approximate surface area is 142 Å². The minimum Gasteiger partial charge on any atom is -0.470 e. The molecule has 1 aromatic carbocycles. The van der Waals surface area contributed by atoms with E-state index in [2.05, 4.69) is 26.3 Å². The number of hydrogen-bond donors (Lipinski definition) is 1. The summed E-state index contributed by atoms with van der Waals surface area (Å²) in [5.74, 6) is 0.478. The van der Waals surface area contributed by atoms with Crippen LogP contribution in [0.5, 0.6) is 5.75 Å². The molecule has 1 heterocycles. The fraction of sp³-hybridized carbons (Fsp3) is 0.333. The van der Waals surface area contributed by atoms with E-state index in [0.717, 1.165) is 10.9 Å². The van der Waals surface area contributed by atoms with E-state index in [4.69, 9.17) is 16.3 Å². The minimum absolute atomic E-state index is 0.124. The summed E-state index contributed by atoms with van der Waals surface area (Å²) in [5.41, 5.74) is 0.374. The van der Waals surface area contributed by atoms with E-state index < -0.39 is 0 Å². The van der Waals surface area contributed by atoms with Gasteiger partial charge in [0.1, 0.15) is 11.4 Å². The number of nitrogens with zero attached hydrogens (tertiary/aromatic N) is 2. The molecule has 2 rings (SSSR count). The third kappa shape index (κ3) is 4.48. The summed E-state index contributed by atoms with van der Waals surface area (Å²) >= 11 is 9.26. The van der Waals surface area contributed by atoms with Crippen LogP contribution in [-0.2, 0) is 6.73 Å². The van der Waals surface area contributed by atoms with Crippen molar-refractivity contribution in [2.75, 3.05) is 0 Å². The van der Waals surface area contributed by atoms with E-state index in [0.29, 0.717) is 16.5 Å². The summed E-state index contributed by atoms with van der Waals surface area (Å²) in [7, 11) is 0. The van der Waals surface area contributed by atoms with Gasteiger partial charge in [-0.1, -0.05) is 18.5 Å². The summed E-state index contributed by atoms with van der Waals surface area (Å²) in [6, 6.07) is 7.06. The number of ether oxygens (including phenoxy) is 1. The molecule has 0 saturated heterocycles. The van der Waals surface area contributed by atoms with Crippen LogP contribution in [0.4, 0.5) is 0 Å². The summed E-state index contributed by atoms with van der Waals surface area (Å²) in [6.07, 6.45) is 2.58. The SMILES string of the molecule is CCC(C)NC(=O)c1ccn(COc2ccc(Cl)cc2Br)n1. The topological polar surface area (TPSA) is 56.2 Å². The molecule has 1 atom stereocenters. The van der Waals surface area contributed by atoms with E-state index in [9.17, 15) is 4.79 Å². The first-order valence-corrected chi connectivity index (χ1v) is 8.09. The van der Waals surface area contributed by atoms with E-state index in [1.165, 1.54) is 0 Å². The molecule has 0 bridgehead atoms. The summed E-state index contributed by atoms with van der Waals surface area (Å²) < 4.78 is 7.96. The first-order chi connectivity index (χ1) is 10.5. The third-order valence-corrected chi connectivity index (χ3v) is 3.96. The van der Waals surface area contributed by atoms with Gasteiger partial charge in [-0.05, 0) is 53.5 Å². The molecule has 0 aliphatic rings. The lowest BCUT2D eigenvalue weighted by atomic mass is 10.2. The van der Waals surface area contributed by atoms with Gasteiger partial charge in [0.25, 0.3) is 5.91 Å². The standard InChI is InChI=1S/C15H17BrClN3O2/c1-3-10(2)18-15(21)13-6-7-20(19-13)9-22-14-5-4-11(17)8-12(14)16/h4-8,10H,3,9H2,1-2H3,(H,18,21). The number of rotatable bonds is 6. The maximum atomic E-state index is 11.9. The molecule has 0 saturated carbocycles. The number of amides is 1. The first-order valence-electron chi connectivity index (χ1n) is 6.91. The van der Waals surface area contributed by atoms with Crippen molar-refractivity contribution >= 4 is 33.4 Å². The fourth-order valence-electron chi connectivity index (χ4n) is 1.68. The predicted octanol–water partition coefficient (Wildman–Crippen LogP) is 3.86. The lowest BCUT2D eigenvalue weighted by Crippen LogP contribution is -2.32. The Morgan fingerprint density at radius 2 is 2.27 bits per heavy atom. The van der Waals surface area contributed by atoms with Gasteiger partial charge in [-0.3, -0.25) is 4.79 Å². The molecule has 1 N–H and O–H groups in total. The van der Waals surface area contributed by atoms with Gasteiger partial charge in [-0.15, -0.1) is 0 Å². The van der Waals surface area contributed by atoms with Gasteiger partial charge in [0.15, 0.2) is 6.73 Å². The van der Waals surface area contributed by atoms with Crippen molar-refractivity contribution in [3.05, 3.63) is 45.7 Å². The second kappa shape index (κ2) is 7.65. The van der Waals surface area contributed by atoms with E-state index in [-0.39, 0.29) is 18.7 Å². The Hall–Kier alpha value is -1.53. The first kappa shape index (κ1) is 16.8. The number of carbonyl (C=O) groups is 1. The fourth-order valence-corrected chi connectivity index (χ4v) is 2.48. The molecule has 5 nitrogen and oxygen atoms in total. The zero-order valence-corrected chi connectivity index (χ0v) is 14.7. The Bertz CT molecular complexity index is 660. The summed E-state index contributed by atoms with van der Waals surface area (Å²) in [4.78, 5) is 11.9. The van der Waals surface area contributed by atoms with Gasteiger partial charge < -0.3 is 10.1 Å². The van der Waals surface area contributed by atoms with Gasteiger partial charge in [0.2, 0.25) is 0 Å². The lowest BCUT2D eigenvalue weighted by molar-refractivity contribution is 0.0932. The van der Waals surface area contributed by atoms with Crippen molar-refractivity contribution in [1.29, 1.82) is 0 Å². The maximum Gasteiger partial charge on any atom is 0.271 e. The van der Waals surface area contributed by atoms with Crippen LogP contribution >= 0.6 is 27.5 Å². The van der Waals surface area contributed by atoms with Crippen LogP contribution in [0.3, 0.4) is 0 Å². The highest BCUT2D eigenvalue weighted by Gasteiger charge is 2.12. The molecule has 0 spiro atoms. The van der Waals surface area contributed by atoms with Crippen molar-refractivity contribution in [2.45, 2.75) is 33.0 Å². The minimum atomic E-state index is -0.180. The molecular formula is C15H17BrClN3O2. The van der Waals surface area contributed by atoms with Crippen LogP contribution in [0.2, 0.25) is 5.02 Å². The number of nitrogens with one attached hydrogen (secondary N) is 1. The quantitative estimate of drug-likeness (QED) is 0.820. The van der Waals surface area contributed by atoms with Gasteiger partial charge in [-0.2, -0.15) is 5.10 Å². The van der Waals surface area contributed by atoms with Gasteiger partial charge >= 0.3 is 0 Å². The van der Waals surface area contributed by atoms with Crippen molar-refractivity contribution in [3.63, 3.8) is 0 Å². The molecule has 0 radical (unpaired) electrons. The third-order valence-electron chi connectivity index (χ3n) is 3.11. The lowest BCUT2D eigenvalue weighted by Gasteiger charge is -2.10. The van der Waals surface area contributed by atoms with Gasteiger partial charge in [-0.25, -0.2) is 4.68 Å². The number of halogens is 2. The highest BCUT2D eigenvalue weighted by atomic mass is 79.9. The van der Waals surface area contributed by atoms with Crippen LogP contribution in [-0.4, -0.2) is 21.7 Å². The predicted molar refractivity (Wildman–Crippen MR) is 89.2 cm³/mol. The highest BCUT2D eigenvalue weighted by molar-refractivity contribution is 9.10. The molecule has 1 unspecified atom stereocenters. The Morgan fingerprint density at radius 1 is 1.50 bits per heavy atom. The van der Waals surface area contributed by atoms with Crippen LogP contribution in [0.15, 0.2) is 34.9 Å². The number of carbonyl (C=O) groups excluding carboxylic acids is 1. The Kier molecular flexibility index (Phi) is 5.85. The molecule has 1 aromatic heterocycles. The molecule has 7 heteroatoms. The van der Waals surface area contributed by atoms with Crippen LogP contribution < -0.4 is 10.1 Å². The average molecular weight is 387 g/mol. The molecule has 1 amide bonds. The summed E-state index contributed by atoms with van der Waals surface area (Å²) in [5, 5.41) is 7.70. The van der Waals surface area contributed by atoms with Crippen molar-refractivity contribution in [3.8, 4) is 5.75 Å². The molecule has 0 aliphatic heterocycles. The van der Waals surface area contributed by atoms with Gasteiger partial charge in [0, 0.05) is 17.3 Å². The second-order valence-corrected chi connectivity index (χ2v) is 6.16. The molecule has 118 valence electrons. The van der Waals surface area contributed by atoms with Crippen molar-refractivity contribution in [1.82, 2.24) is 15.1 Å². The zero-order chi connectivity index (χ0) is 16.1. The van der Waals surface area contributed by atoms with E-state index >= 15 is 0 Å². The number of hydrogen-bond acceptors (Lipinski definition) is 3. The largest absolute Gasteiger partial charge is 0.470 e. The van der Waals surface area contributed by atoms with Crippen LogP contribution in [0.25, 0.3) is 0 Å². The molecular weight excluding hydrogens is 370 g/mol.